The predicted molar refractivity (Wildman–Crippen MR) is 86.4 cm³/mol. The molecule has 1 aromatic carbocycles. The highest BCUT2D eigenvalue weighted by atomic mass is 16.5. The summed E-state index contributed by atoms with van der Waals surface area (Å²) in [5.74, 6) is 0.662. The molecule has 5 heteroatoms. The lowest BCUT2D eigenvalue weighted by atomic mass is 10.1. The van der Waals surface area contributed by atoms with E-state index in [2.05, 4.69) is 0 Å². The second-order valence-electron chi connectivity index (χ2n) is 5.66. The third-order valence-corrected chi connectivity index (χ3v) is 3.08. The minimum Gasteiger partial charge on any atom is -0.490 e. The molecule has 0 aromatic heterocycles. The summed E-state index contributed by atoms with van der Waals surface area (Å²) in [6.45, 7) is 5.38. The Balaban J connectivity index is 2.75. The van der Waals surface area contributed by atoms with Crippen molar-refractivity contribution in [2.75, 3.05) is 33.9 Å². The largest absolute Gasteiger partial charge is 0.490 e. The van der Waals surface area contributed by atoms with E-state index in [9.17, 15) is 9.90 Å². The van der Waals surface area contributed by atoms with E-state index in [0.29, 0.717) is 31.1 Å². The van der Waals surface area contributed by atoms with Crippen LogP contribution in [0.1, 0.15) is 36.2 Å². The maximum atomic E-state index is 11.5. The molecule has 22 heavy (non-hydrogen) atoms. The lowest BCUT2D eigenvalue weighted by Gasteiger charge is -2.18. The van der Waals surface area contributed by atoms with E-state index in [1.807, 2.05) is 25.9 Å². The molecule has 0 aliphatic rings. The van der Waals surface area contributed by atoms with Crippen molar-refractivity contribution in [3.05, 3.63) is 29.3 Å². The summed E-state index contributed by atoms with van der Waals surface area (Å²) in [5.41, 5.74) is 1.47. The van der Waals surface area contributed by atoms with Crippen LogP contribution in [0.5, 0.6) is 5.75 Å². The fourth-order valence-corrected chi connectivity index (χ4v) is 2.04. The number of aliphatic hydroxyl groups is 1. The number of nitrogens with zero attached hydrogens (tertiary/aromatic N) is 1. The van der Waals surface area contributed by atoms with Crippen LogP contribution < -0.4 is 4.74 Å². The number of carbonyl (C=O) groups is 1. The normalized spacial score (nSPS) is 12.5. The zero-order chi connectivity index (χ0) is 16.5. The number of benzene rings is 1. The zero-order valence-corrected chi connectivity index (χ0v) is 14.0. The summed E-state index contributed by atoms with van der Waals surface area (Å²) < 4.78 is 11.3. The van der Waals surface area contributed by atoms with E-state index in [1.165, 1.54) is 6.92 Å². The van der Waals surface area contributed by atoms with Crippen LogP contribution in [0.2, 0.25) is 0 Å². The number of rotatable bonds is 10. The Morgan fingerprint density at radius 2 is 2.09 bits per heavy atom. The van der Waals surface area contributed by atoms with Crippen LogP contribution in [0, 0.1) is 0 Å². The molecule has 0 heterocycles. The van der Waals surface area contributed by atoms with E-state index >= 15 is 0 Å². The van der Waals surface area contributed by atoms with E-state index in [1.54, 1.807) is 18.2 Å². The Kier molecular flexibility index (Phi) is 8.09. The molecule has 0 spiro atoms. The van der Waals surface area contributed by atoms with Gasteiger partial charge in [0.05, 0.1) is 6.61 Å². The molecule has 0 aliphatic heterocycles. The van der Waals surface area contributed by atoms with Gasteiger partial charge in [0.25, 0.3) is 0 Å². The van der Waals surface area contributed by atoms with Crippen molar-refractivity contribution < 1.29 is 19.4 Å². The SMILES string of the molecule is CCCOCc1cc(C(C)=O)ccc1OCC(O)CN(C)C. The van der Waals surface area contributed by atoms with Crippen molar-refractivity contribution in [1.29, 1.82) is 0 Å². The first-order valence-corrected chi connectivity index (χ1v) is 7.61. The number of hydrogen-bond donors (Lipinski definition) is 1. The lowest BCUT2D eigenvalue weighted by Crippen LogP contribution is -2.30. The fraction of sp³-hybridized carbons (Fsp3) is 0.588. The van der Waals surface area contributed by atoms with E-state index in [0.717, 1.165) is 12.0 Å². The van der Waals surface area contributed by atoms with Gasteiger partial charge in [-0.05, 0) is 45.6 Å². The van der Waals surface area contributed by atoms with Crippen LogP contribution in [-0.2, 0) is 11.3 Å². The Bertz CT molecular complexity index is 474. The van der Waals surface area contributed by atoms with Gasteiger partial charge in [0.2, 0.25) is 0 Å². The maximum absolute atomic E-state index is 11.5. The second-order valence-corrected chi connectivity index (χ2v) is 5.66. The molecule has 0 amide bonds. The molecular weight excluding hydrogens is 282 g/mol. The second kappa shape index (κ2) is 9.56. The molecule has 0 fully saturated rings. The summed E-state index contributed by atoms with van der Waals surface area (Å²) in [6.07, 6.45) is 0.372. The number of aliphatic hydroxyl groups excluding tert-OH is 1. The van der Waals surface area contributed by atoms with Crippen molar-refractivity contribution in [2.24, 2.45) is 0 Å². The number of Topliss-reactive ketones (excluding diaryl/α,β-unsaturated/α-hetero) is 1. The van der Waals surface area contributed by atoms with Gasteiger partial charge >= 0.3 is 0 Å². The van der Waals surface area contributed by atoms with Gasteiger partial charge in [-0.2, -0.15) is 0 Å². The highest BCUT2D eigenvalue weighted by Gasteiger charge is 2.11. The van der Waals surface area contributed by atoms with Crippen molar-refractivity contribution in [3.8, 4) is 5.75 Å². The molecule has 1 atom stereocenters. The quantitative estimate of drug-likeness (QED) is 0.530. The minimum absolute atomic E-state index is 0.0101. The van der Waals surface area contributed by atoms with Gasteiger partial charge in [-0.25, -0.2) is 0 Å². The Morgan fingerprint density at radius 3 is 2.68 bits per heavy atom. The smallest absolute Gasteiger partial charge is 0.159 e. The first-order chi connectivity index (χ1) is 10.4. The van der Waals surface area contributed by atoms with Crippen LogP contribution in [0.4, 0.5) is 0 Å². The molecule has 1 unspecified atom stereocenters. The molecule has 124 valence electrons. The zero-order valence-electron chi connectivity index (χ0n) is 14.0. The molecule has 0 bridgehead atoms. The lowest BCUT2D eigenvalue weighted by molar-refractivity contribution is 0.0794. The number of hydrogen-bond acceptors (Lipinski definition) is 5. The summed E-state index contributed by atoms with van der Waals surface area (Å²) in [5, 5.41) is 9.88. The van der Waals surface area contributed by atoms with Crippen molar-refractivity contribution in [3.63, 3.8) is 0 Å². The topological polar surface area (TPSA) is 59.0 Å². The van der Waals surface area contributed by atoms with E-state index < -0.39 is 6.10 Å². The molecule has 1 aromatic rings. The highest BCUT2D eigenvalue weighted by molar-refractivity contribution is 5.94. The van der Waals surface area contributed by atoms with Crippen molar-refractivity contribution in [1.82, 2.24) is 4.90 Å². The van der Waals surface area contributed by atoms with Crippen LogP contribution in [0.15, 0.2) is 18.2 Å². The summed E-state index contributed by atoms with van der Waals surface area (Å²) >= 11 is 0. The number of likely N-dealkylation sites (N-methyl/N-ethyl adjacent to an activating group) is 1. The van der Waals surface area contributed by atoms with Gasteiger partial charge < -0.3 is 19.5 Å². The average Bonchev–Trinajstić information content (AvgIpc) is 2.45. The number of carbonyl (C=O) groups excluding carboxylic acids is 1. The molecule has 5 nitrogen and oxygen atoms in total. The number of ether oxygens (including phenoxy) is 2. The number of ketones is 1. The Labute approximate surface area is 132 Å². The molecule has 1 rings (SSSR count). The van der Waals surface area contributed by atoms with Gasteiger partial charge in [0, 0.05) is 24.3 Å². The van der Waals surface area contributed by atoms with Crippen LogP contribution >= 0.6 is 0 Å². The molecule has 0 saturated carbocycles. The van der Waals surface area contributed by atoms with E-state index in [-0.39, 0.29) is 12.4 Å². The average molecular weight is 309 g/mol. The maximum Gasteiger partial charge on any atom is 0.159 e. The monoisotopic (exact) mass is 309 g/mol. The van der Waals surface area contributed by atoms with Gasteiger partial charge in [0.15, 0.2) is 5.78 Å². The molecule has 0 radical (unpaired) electrons. The van der Waals surface area contributed by atoms with Gasteiger partial charge in [-0.3, -0.25) is 4.79 Å². The van der Waals surface area contributed by atoms with Crippen LogP contribution in [-0.4, -0.2) is 55.7 Å². The molecule has 0 aliphatic carbocycles. The van der Waals surface area contributed by atoms with Crippen LogP contribution in [0.25, 0.3) is 0 Å². The third-order valence-electron chi connectivity index (χ3n) is 3.08. The fourth-order valence-electron chi connectivity index (χ4n) is 2.04. The Morgan fingerprint density at radius 1 is 1.36 bits per heavy atom. The summed E-state index contributed by atoms with van der Waals surface area (Å²) in [4.78, 5) is 13.4. The van der Waals surface area contributed by atoms with Crippen molar-refractivity contribution >= 4 is 5.78 Å². The van der Waals surface area contributed by atoms with Gasteiger partial charge in [0.1, 0.15) is 18.5 Å². The standard InChI is InChI=1S/C17H27NO4/c1-5-8-21-11-15-9-14(13(2)19)6-7-17(15)22-12-16(20)10-18(3)4/h6-7,9,16,20H,5,8,10-12H2,1-4H3. The molecule has 1 N–H and O–H groups in total. The van der Waals surface area contributed by atoms with E-state index in [4.69, 9.17) is 9.47 Å². The van der Waals surface area contributed by atoms with Crippen molar-refractivity contribution in [2.45, 2.75) is 33.0 Å². The molecular formula is C17H27NO4. The predicted octanol–water partition coefficient (Wildman–Crippen LogP) is 2.12. The summed E-state index contributed by atoms with van der Waals surface area (Å²) in [7, 11) is 3.80. The van der Waals surface area contributed by atoms with Gasteiger partial charge in [-0.1, -0.05) is 6.92 Å². The third kappa shape index (κ3) is 6.56. The van der Waals surface area contributed by atoms with Gasteiger partial charge in [-0.15, -0.1) is 0 Å². The summed E-state index contributed by atoms with van der Waals surface area (Å²) in [6, 6.07) is 5.30. The van der Waals surface area contributed by atoms with Crippen LogP contribution in [0.3, 0.4) is 0 Å². The minimum atomic E-state index is -0.563. The first-order valence-electron chi connectivity index (χ1n) is 7.61. The first kappa shape index (κ1) is 18.6. The molecule has 0 saturated heterocycles. The Hall–Kier alpha value is -1.43. The highest BCUT2D eigenvalue weighted by Crippen LogP contribution is 2.22.